The average Bonchev–Trinajstić information content (AvgIpc) is 2.84. The van der Waals surface area contributed by atoms with Crippen LogP contribution in [-0.4, -0.2) is 65.2 Å². The third kappa shape index (κ3) is 3.37. The number of β-amino-alcohol motifs (C(OH)–C–C–N with tert-alkyl or cyclic N) is 1. The van der Waals surface area contributed by atoms with Crippen LogP contribution in [0.1, 0.15) is 12.8 Å². The summed E-state index contributed by atoms with van der Waals surface area (Å²) in [6, 6.07) is 0. The molecular formula is C11H15F3N2O3. The van der Waals surface area contributed by atoms with E-state index in [1.54, 1.807) is 0 Å². The van der Waals surface area contributed by atoms with Crippen molar-refractivity contribution in [2.45, 2.75) is 25.1 Å². The van der Waals surface area contributed by atoms with E-state index in [0.29, 0.717) is 17.9 Å². The third-order valence-corrected chi connectivity index (χ3v) is 3.41. The molecule has 0 radical (unpaired) electrons. The van der Waals surface area contributed by atoms with Gasteiger partial charge in [-0.15, -0.1) is 0 Å². The number of amides is 2. The highest BCUT2D eigenvalue weighted by Crippen LogP contribution is 2.26. The van der Waals surface area contributed by atoms with Crippen LogP contribution in [-0.2, 0) is 9.59 Å². The minimum Gasteiger partial charge on any atom is -0.391 e. The Hall–Kier alpha value is -1.31. The maximum atomic E-state index is 12.2. The molecule has 0 aromatic heterocycles. The number of carbonyl (C=O) groups is 2. The van der Waals surface area contributed by atoms with E-state index in [4.69, 9.17) is 0 Å². The normalized spacial score (nSPS) is 28.3. The zero-order valence-electron chi connectivity index (χ0n) is 10.2. The van der Waals surface area contributed by atoms with Crippen LogP contribution in [0.25, 0.3) is 0 Å². The first kappa shape index (κ1) is 14.1. The van der Waals surface area contributed by atoms with Crippen molar-refractivity contribution < 1.29 is 27.9 Å². The highest BCUT2D eigenvalue weighted by Gasteiger charge is 2.42. The molecule has 1 N–H and O–H groups in total. The first-order chi connectivity index (χ1) is 8.76. The van der Waals surface area contributed by atoms with Crippen molar-refractivity contribution in [1.82, 2.24) is 9.80 Å². The molecule has 2 aliphatic heterocycles. The SMILES string of the molecule is O=C1CC(C(=O)N2CCC(O)C2)CN1CC(F)(F)F. The Kier molecular flexibility index (Phi) is 3.71. The summed E-state index contributed by atoms with van der Waals surface area (Å²) in [5, 5.41) is 9.33. The molecule has 0 saturated carbocycles. The van der Waals surface area contributed by atoms with Gasteiger partial charge in [-0.25, -0.2) is 0 Å². The summed E-state index contributed by atoms with van der Waals surface area (Å²) in [5.41, 5.74) is 0. The molecule has 0 aliphatic carbocycles. The molecule has 0 aromatic carbocycles. The summed E-state index contributed by atoms with van der Waals surface area (Å²) in [6.07, 6.45) is -4.73. The summed E-state index contributed by atoms with van der Waals surface area (Å²) < 4.78 is 36.7. The van der Waals surface area contributed by atoms with Crippen molar-refractivity contribution in [2.24, 2.45) is 5.92 Å². The molecule has 0 spiro atoms. The number of likely N-dealkylation sites (tertiary alicyclic amines) is 2. The molecule has 8 heteroatoms. The van der Waals surface area contributed by atoms with Crippen molar-refractivity contribution in [3.8, 4) is 0 Å². The van der Waals surface area contributed by atoms with Gasteiger partial charge in [0.05, 0.1) is 12.0 Å². The Balaban J connectivity index is 1.93. The minimum atomic E-state index is -4.45. The second kappa shape index (κ2) is 4.99. The van der Waals surface area contributed by atoms with E-state index in [2.05, 4.69) is 0 Å². The molecule has 19 heavy (non-hydrogen) atoms. The second-order valence-corrected chi connectivity index (χ2v) is 5.02. The van der Waals surface area contributed by atoms with E-state index in [9.17, 15) is 27.9 Å². The van der Waals surface area contributed by atoms with Crippen LogP contribution in [0.2, 0.25) is 0 Å². The summed E-state index contributed by atoms with van der Waals surface area (Å²) in [6.45, 7) is -0.908. The second-order valence-electron chi connectivity index (χ2n) is 5.02. The van der Waals surface area contributed by atoms with Crippen molar-refractivity contribution >= 4 is 11.8 Å². The molecule has 2 aliphatic rings. The smallest absolute Gasteiger partial charge is 0.391 e. The van der Waals surface area contributed by atoms with Crippen molar-refractivity contribution in [3.63, 3.8) is 0 Å². The highest BCUT2D eigenvalue weighted by atomic mass is 19.4. The standard InChI is InChI=1S/C11H15F3N2O3/c12-11(13,14)6-16-4-7(3-9(16)18)10(19)15-2-1-8(17)5-15/h7-8,17H,1-6H2. The van der Waals surface area contributed by atoms with Crippen LogP contribution in [0.4, 0.5) is 13.2 Å². The van der Waals surface area contributed by atoms with E-state index >= 15 is 0 Å². The third-order valence-electron chi connectivity index (χ3n) is 3.41. The van der Waals surface area contributed by atoms with Gasteiger partial charge < -0.3 is 14.9 Å². The number of hydrogen-bond acceptors (Lipinski definition) is 3. The first-order valence-corrected chi connectivity index (χ1v) is 6.07. The monoisotopic (exact) mass is 280 g/mol. The quantitative estimate of drug-likeness (QED) is 0.774. The number of alkyl halides is 3. The predicted molar refractivity (Wildman–Crippen MR) is 57.9 cm³/mol. The maximum absolute atomic E-state index is 12.2. The molecular weight excluding hydrogens is 265 g/mol. The zero-order chi connectivity index (χ0) is 14.2. The number of aliphatic hydroxyl groups is 1. The van der Waals surface area contributed by atoms with Gasteiger partial charge in [-0.2, -0.15) is 13.2 Å². The zero-order valence-corrected chi connectivity index (χ0v) is 10.2. The molecule has 108 valence electrons. The van der Waals surface area contributed by atoms with Crippen LogP contribution < -0.4 is 0 Å². The van der Waals surface area contributed by atoms with Gasteiger partial charge in [0.15, 0.2) is 0 Å². The molecule has 2 saturated heterocycles. The number of nitrogens with zero attached hydrogens (tertiary/aromatic N) is 2. The molecule has 2 unspecified atom stereocenters. The summed E-state index contributed by atoms with van der Waals surface area (Å²) in [5.74, 6) is -1.70. The Labute approximate surface area is 108 Å². The molecule has 2 rings (SSSR count). The van der Waals surface area contributed by atoms with Crippen LogP contribution in [0.3, 0.4) is 0 Å². The Morgan fingerprint density at radius 3 is 2.58 bits per heavy atom. The van der Waals surface area contributed by atoms with E-state index in [0.717, 1.165) is 0 Å². The fourth-order valence-corrected chi connectivity index (χ4v) is 2.51. The van der Waals surface area contributed by atoms with E-state index in [1.165, 1.54) is 4.90 Å². The van der Waals surface area contributed by atoms with Gasteiger partial charge in [-0.3, -0.25) is 9.59 Å². The fourth-order valence-electron chi connectivity index (χ4n) is 2.51. The topological polar surface area (TPSA) is 60.9 Å². The van der Waals surface area contributed by atoms with Crippen LogP contribution >= 0.6 is 0 Å². The molecule has 2 fully saturated rings. The number of halogens is 3. The maximum Gasteiger partial charge on any atom is 0.406 e. The van der Waals surface area contributed by atoms with E-state index in [1.807, 2.05) is 0 Å². The van der Waals surface area contributed by atoms with Crippen molar-refractivity contribution in [3.05, 3.63) is 0 Å². The lowest BCUT2D eigenvalue weighted by Gasteiger charge is -2.21. The minimum absolute atomic E-state index is 0.179. The van der Waals surface area contributed by atoms with Gasteiger partial charge >= 0.3 is 6.18 Å². The number of aliphatic hydroxyl groups excluding tert-OH is 1. The lowest BCUT2D eigenvalue weighted by Crippen LogP contribution is -2.38. The first-order valence-electron chi connectivity index (χ1n) is 6.07. The fraction of sp³-hybridized carbons (Fsp3) is 0.818. The molecule has 0 aromatic rings. The van der Waals surface area contributed by atoms with Crippen molar-refractivity contribution in [1.29, 1.82) is 0 Å². The van der Waals surface area contributed by atoms with Gasteiger partial charge in [0.1, 0.15) is 6.54 Å². The molecule has 2 amide bonds. The van der Waals surface area contributed by atoms with Crippen LogP contribution in [0.5, 0.6) is 0 Å². The van der Waals surface area contributed by atoms with Gasteiger partial charge in [-0.1, -0.05) is 0 Å². The summed E-state index contributed by atoms with van der Waals surface area (Å²) >= 11 is 0. The van der Waals surface area contributed by atoms with Gasteiger partial charge in [-0.05, 0) is 6.42 Å². The number of hydrogen-bond donors (Lipinski definition) is 1. The summed E-state index contributed by atoms with van der Waals surface area (Å²) in [4.78, 5) is 25.5. The Morgan fingerprint density at radius 2 is 2.05 bits per heavy atom. The van der Waals surface area contributed by atoms with Crippen molar-refractivity contribution in [2.75, 3.05) is 26.2 Å². The van der Waals surface area contributed by atoms with Gasteiger partial charge in [0, 0.05) is 26.1 Å². The van der Waals surface area contributed by atoms with Crippen LogP contribution in [0, 0.1) is 5.92 Å². The Bertz CT molecular complexity index is 386. The highest BCUT2D eigenvalue weighted by molar-refractivity contribution is 5.89. The lowest BCUT2D eigenvalue weighted by atomic mass is 10.1. The van der Waals surface area contributed by atoms with Gasteiger partial charge in [0.2, 0.25) is 11.8 Å². The predicted octanol–water partition coefficient (Wildman–Crippen LogP) is -0.00960. The molecule has 0 bridgehead atoms. The number of carbonyl (C=O) groups excluding carboxylic acids is 2. The molecule has 2 atom stereocenters. The molecule has 2 heterocycles. The largest absolute Gasteiger partial charge is 0.406 e. The summed E-state index contributed by atoms with van der Waals surface area (Å²) in [7, 11) is 0. The van der Waals surface area contributed by atoms with E-state index < -0.39 is 30.7 Å². The average molecular weight is 280 g/mol. The van der Waals surface area contributed by atoms with Gasteiger partial charge in [0.25, 0.3) is 0 Å². The number of rotatable bonds is 2. The Morgan fingerprint density at radius 1 is 1.37 bits per heavy atom. The van der Waals surface area contributed by atoms with Crippen LogP contribution in [0.15, 0.2) is 0 Å². The van der Waals surface area contributed by atoms with E-state index in [-0.39, 0.29) is 25.4 Å². The molecule has 5 nitrogen and oxygen atoms in total. The lowest BCUT2D eigenvalue weighted by molar-refractivity contribution is -0.157.